The second kappa shape index (κ2) is 3.21. The van der Waals surface area contributed by atoms with Crippen molar-refractivity contribution in [1.82, 2.24) is 0 Å². The van der Waals surface area contributed by atoms with Gasteiger partial charge in [-0.3, -0.25) is 0 Å². The molecule has 0 aliphatic carbocycles. The summed E-state index contributed by atoms with van der Waals surface area (Å²) in [5, 5.41) is 0. The molecule has 0 bridgehead atoms. The minimum Gasteiger partial charge on any atom is -0.325 e. The van der Waals surface area contributed by atoms with Crippen LogP contribution in [0.15, 0.2) is 0 Å². The maximum absolute atomic E-state index is 5.87. The first kappa shape index (κ1) is 8.96. The highest BCUT2D eigenvalue weighted by Crippen LogP contribution is 2.17. The first-order chi connectivity index (χ1) is 3.98. The van der Waals surface area contributed by atoms with E-state index >= 15 is 0 Å². The van der Waals surface area contributed by atoms with Crippen molar-refractivity contribution in [2.24, 2.45) is 11.7 Å². The van der Waals surface area contributed by atoms with E-state index < -0.39 is 0 Å². The summed E-state index contributed by atoms with van der Waals surface area (Å²) in [6, 6.07) is 0. The lowest BCUT2D eigenvalue weighted by molar-refractivity contribution is 0.324. The summed E-state index contributed by atoms with van der Waals surface area (Å²) in [4.78, 5) is 0. The van der Waals surface area contributed by atoms with Crippen LogP contribution in [0.3, 0.4) is 0 Å². The molecule has 0 aromatic carbocycles. The standard InChI is InChI=1S/C8H19N/c1-5-6-7(2)8(3,4)9/h7H,5-6,9H2,1-4H3. The summed E-state index contributed by atoms with van der Waals surface area (Å²) in [7, 11) is 0. The second-order valence-corrected chi connectivity index (χ2v) is 3.51. The molecule has 1 nitrogen and oxygen atoms in total. The van der Waals surface area contributed by atoms with Gasteiger partial charge in [-0.1, -0.05) is 20.3 Å². The predicted octanol–water partition coefficient (Wildman–Crippen LogP) is 2.16. The molecule has 9 heavy (non-hydrogen) atoms. The van der Waals surface area contributed by atoms with Gasteiger partial charge >= 0.3 is 0 Å². The molecule has 0 aliphatic rings. The first-order valence-electron chi connectivity index (χ1n) is 3.77. The smallest absolute Gasteiger partial charge is 0.0123 e. The van der Waals surface area contributed by atoms with E-state index in [0.717, 1.165) is 0 Å². The highest BCUT2D eigenvalue weighted by Gasteiger charge is 2.18. The van der Waals surface area contributed by atoms with Crippen LogP contribution in [0.1, 0.15) is 40.5 Å². The van der Waals surface area contributed by atoms with Crippen LogP contribution in [0.25, 0.3) is 0 Å². The van der Waals surface area contributed by atoms with Crippen LogP contribution in [0, 0.1) is 5.92 Å². The Bertz CT molecular complexity index is 71.1. The Balaban J connectivity index is 3.59. The fourth-order valence-corrected chi connectivity index (χ4v) is 0.805. The minimum atomic E-state index is 0.00993. The molecule has 0 aromatic rings. The molecule has 0 saturated heterocycles. The zero-order chi connectivity index (χ0) is 7.49. The van der Waals surface area contributed by atoms with Crippen LogP contribution in [-0.4, -0.2) is 5.54 Å². The molecule has 0 aromatic heterocycles. The lowest BCUT2D eigenvalue weighted by Gasteiger charge is -2.26. The minimum absolute atomic E-state index is 0.00993. The van der Waals surface area contributed by atoms with Gasteiger partial charge in [0.2, 0.25) is 0 Å². The molecule has 0 amide bonds. The first-order valence-corrected chi connectivity index (χ1v) is 3.77. The Labute approximate surface area is 58.6 Å². The van der Waals surface area contributed by atoms with Crippen molar-refractivity contribution in [3.63, 3.8) is 0 Å². The molecule has 0 spiro atoms. The van der Waals surface area contributed by atoms with E-state index in [1.54, 1.807) is 0 Å². The van der Waals surface area contributed by atoms with E-state index in [2.05, 4.69) is 27.7 Å². The highest BCUT2D eigenvalue weighted by molar-refractivity contribution is 4.77. The lowest BCUT2D eigenvalue weighted by atomic mass is 9.87. The topological polar surface area (TPSA) is 26.0 Å². The van der Waals surface area contributed by atoms with Gasteiger partial charge in [0.25, 0.3) is 0 Å². The molecule has 0 radical (unpaired) electrons. The third-order valence-electron chi connectivity index (χ3n) is 1.99. The Hall–Kier alpha value is -0.0400. The summed E-state index contributed by atoms with van der Waals surface area (Å²) in [5.41, 5.74) is 5.87. The van der Waals surface area contributed by atoms with Gasteiger partial charge in [-0.25, -0.2) is 0 Å². The molecule has 0 aliphatic heterocycles. The third kappa shape index (κ3) is 3.52. The summed E-state index contributed by atoms with van der Waals surface area (Å²) in [6.45, 7) is 8.59. The van der Waals surface area contributed by atoms with E-state index in [1.165, 1.54) is 12.8 Å². The molecule has 1 heteroatoms. The van der Waals surface area contributed by atoms with Gasteiger partial charge in [-0.05, 0) is 26.2 Å². The van der Waals surface area contributed by atoms with Crippen molar-refractivity contribution >= 4 is 0 Å². The Kier molecular flexibility index (Phi) is 3.20. The molecule has 0 rings (SSSR count). The number of rotatable bonds is 3. The van der Waals surface area contributed by atoms with Gasteiger partial charge in [-0.15, -0.1) is 0 Å². The van der Waals surface area contributed by atoms with Crippen molar-refractivity contribution in [3.05, 3.63) is 0 Å². The van der Waals surface area contributed by atoms with Crippen LogP contribution in [-0.2, 0) is 0 Å². The summed E-state index contributed by atoms with van der Waals surface area (Å²) >= 11 is 0. The molecule has 0 heterocycles. The third-order valence-corrected chi connectivity index (χ3v) is 1.99. The fourth-order valence-electron chi connectivity index (χ4n) is 0.805. The molecule has 2 N–H and O–H groups in total. The maximum Gasteiger partial charge on any atom is 0.0123 e. The zero-order valence-corrected chi connectivity index (χ0v) is 7.07. The molecule has 0 fully saturated rings. The van der Waals surface area contributed by atoms with Crippen LogP contribution in [0.5, 0.6) is 0 Å². The molecule has 0 saturated carbocycles. The monoisotopic (exact) mass is 129 g/mol. The Morgan fingerprint density at radius 2 is 1.89 bits per heavy atom. The average Bonchev–Trinajstić information content (AvgIpc) is 1.64. The van der Waals surface area contributed by atoms with E-state index in [4.69, 9.17) is 5.73 Å². The van der Waals surface area contributed by atoms with Crippen molar-refractivity contribution in [2.45, 2.75) is 46.1 Å². The molecule has 1 atom stereocenters. The number of hydrogen-bond acceptors (Lipinski definition) is 1. The normalized spacial score (nSPS) is 15.7. The van der Waals surface area contributed by atoms with E-state index in [0.29, 0.717) is 5.92 Å². The molecular weight excluding hydrogens is 110 g/mol. The number of nitrogens with two attached hydrogens (primary N) is 1. The van der Waals surface area contributed by atoms with Crippen molar-refractivity contribution in [1.29, 1.82) is 0 Å². The Morgan fingerprint density at radius 3 is 2.00 bits per heavy atom. The van der Waals surface area contributed by atoms with Gasteiger partial charge in [0.15, 0.2) is 0 Å². The van der Waals surface area contributed by atoms with E-state index in [9.17, 15) is 0 Å². The lowest BCUT2D eigenvalue weighted by Crippen LogP contribution is -2.39. The van der Waals surface area contributed by atoms with Crippen LogP contribution in [0.2, 0.25) is 0 Å². The molecular formula is C8H19N. The van der Waals surface area contributed by atoms with Crippen molar-refractivity contribution in [3.8, 4) is 0 Å². The van der Waals surface area contributed by atoms with Gasteiger partial charge < -0.3 is 5.73 Å². The quantitative estimate of drug-likeness (QED) is 0.621. The summed E-state index contributed by atoms with van der Waals surface area (Å²) < 4.78 is 0. The van der Waals surface area contributed by atoms with E-state index in [-0.39, 0.29) is 5.54 Å². The fraction of sp³-hybridized carbons (Fsp3) is 1.00. The van der Waals surface area contributed by atoms with Gasteiger partial charge in [0.1, 0.15) is 0 Å². The van der Waals surface area contributed by atoms with Crippen LogP contribution < -0.4 is 5.73 Å². The van der Waals surface area contributed by atoms with Crippen LogP contribution >= 0.6 is 0 Å². The predicted molar refractivity (Wildman–Crippen MR) is 42.3 cm³/mol. The summed E-state index contributed by atoms with van der Waals surface area (Å²) in [5.74, 6) is 0.641. The molecule has 1 unspecified atom stereocenters. The molecule has 56 valence electrons. The average molecular weight is 129 g/mol. The highest BCUT2D eigenvalue weighted by atomic mass is 14.7. The van der Waals surface area contributed by atoms with Crippen molar-refractivity contribution < 1.29 is 0 Å². The number of hydrogen-bond donors (Lipinski definition) is 1. The van der Waals surface area contributed by atoms with Crippen LogP contribution in [0.4, 0.5) is 0 Å². The summed E-state index contributed by atoms with van der Waals surface area (Å²) in [6.07, 6.45) is 2.48. The van der Waals surface area contributed by atoms with Gasteiger partial charge in [-0.2, -0.15) is 0 Å². The largest absolute Gasteiger partial charge is 0.325 e. The van der Waals surface area contributed by atoms with Gasteiger partial charge in [0, 0.05) is 5.54 Å². The SMILES string of the molecule is CCCC(C)C(C)(C)N. The van der Waals surface area contributed by atoms with Gasteiger partial charge in [0.05, 0.1) is 0 Å². The zero-order valence-electron chi connectivity index (χ0n) is 7.07. The maximum atomic E-state index is 5.87. The van der Waals surface area contributed by atoms with E-state index in [1.807, 2.05) is 0 Å². The van der Waals surface area contributed by atoms with Crippen molar-refractivity contribution in [2.75, 3.05) is 0 Å². The Morgan fingerprint density at radius 1 is 1.44 bits per heavy atom. The second-order valence-electron chi connectivity index (χ2n) is 3.51.